The fourth-order valence-corrected chi connectivity index (χ4v) is 4.58. The number of amides is 2. The van der Waals surface area contributed by atoms with Crippen molar-refractivity contribution in [2.45, 2.75) is 30.1 Å². The molecule has 1 aromatic heterocycles. The molecule has 42 heavy (non-hydrogen) atoms. The number of aromatic nitrogens is 2. The number of hydrogen-bond acceptors (Lipinski definition) is 8. The third-order valence-electron chi connectivity index (χ3n) is 5.97. The molecule has 1 fully saturated rings. The van der Waals surface area contributed by atoms with Gasteiger partial charge in [0.05, 0.1) is 4.90 Å². The van der Waals surface area contributed by atoms with E-state index in [1.165, 1.54) is 24.3 Å². The topological polar surface area (TPSA) is 152 Å². The van der Waals surface area contributed by atoms with E-state index in [9.17, 15) is 26.4 Å². The van der Waals surface area contributed by atoms with E-state index < -0.39 is 28.2 Å². The van der Waals surface area contributed by atoms with Gasteiger partial charge >= 0.3 is 12.4 Å². The molecular formula is C27H24F3N7O4S. The van der Waals surface area contributed by atoms with Crippen molar-refractivity contribution in [2.24, 2.45) is 5.14 Å². The molecule has 11 nitrogen and oxygen atoms in total. The van der Waals surface area contributed by atoms with Gasteiger partial charge in [0.25, 0.3) is 0 Å². The molecule has 1 aliphatic carbocycles. The highest BCUT2D eigenvalue weighted by Crippen LogP contribution is 2.38. The zero-order valence-electron chi connectivity index (χ0n) is 21.7. The molecule has 0 spiro atoms. The van der Waals surface area contributed by atoms with E-state index in [0.717, 1.165) is 30.7 Å². The fraction of sp³-hybridized carbons (Fsp3) is 0.148. The van der Waals surface area contributed by atoms with Gasteiger partial charge in [-0.2, -0.15) is 4.98 Å². The molecule has 0 unspecified atom stereocenters. The first-order valence-corrected chi connectivity index (χ1v) is 14.0. The van der Waals surface area contributed by atoms with Crippen LogP contribution in [0.25, 0.3) is 0 Å². The summed E-state index contributed by atoms with van der Waals surface area (Å²) in [6, 6.07) is 19.2. The van der Waals surface area contributed by atoms with Crippen LogP contribution in [0.2, 0.25) is 0 Å². The SMILES string of the molecule is NS(=O)(=O)c1cccc(Nc2nccc(N(c3ccc(NC(=O)Nc4ccc(OC(F)(F)F)cc4)cc3)C3CC3)n2)c1. The molecule has 0 aliphatic heterocycles. The normalized spacial score (nSPS) is 13.2. The molecule has 3 aromatic carbocycles. The molecule has 5 rings (SSSR count). The lowest BCUT2D eigenvalue weighted by Crippen LogP contribution is -2.22. The van der Waals surface area contributed by atoms with Crippen LogP contribution in [-0.2, 0) is 10.0 Å². The van der Waals surface area contributed by atoms with Gasteiger partial charge in [-0.05, 0) is 85.6 Å². The molecule has 1 heterocycles. The Morgan fingerprint density at radius 2 is 1.57 bits per heavy atom. The number of nitrogens with zero attached hydrogens (tertiary/aromatic N) is 3. The molecule has 15 heteroatoms. The molecule has 0 bridgehead atoms. The van der Waals surface area contributed by atoms with Crippen molar-refractivity contribution in [2.75, 3.05) is 20.9 Å². The van der Waals surface area contributed by atoms with Gasteiger partial charge in [-0.1, -0.05) is 6.07 Å². The molecule has 2 amide bonds. The predicted molar refractivity (Wildman–Crippen MR) is 150 cm³/mol. The Labute approximate surface area is 238 Å². The first-order chi connectivity index (χ1) is 19.9. The number of primary sulfonamides is 1. The quantitative estimate of drug-likeness (QED) is 0.191. The minimum atomic E-state index is -4.80. The number of urea groups is 1. The standard InChI is InChI=1S/C27H24F3N7O4S/c28-27(29,30)41-22-12-6-18(7-13-22)35-26(38)34-17-4-8-20(9-5-17)37(21-10-11-21)24-14-15-32-25(36-24)33-19-2-1-3-23(16-19)42(31,39)40/h1-9,12-16,21H,10-11H2,(H2,31,39,40)(H,32,33,36)(H2,34,35,38). The van der Waals surface area contributed by atoms with Crippen LogP contribution < -0.4 is 30.7 Å². The molecular weight excluding hydrogens is 575 g/mol. The van der Waals surface area contributed by atoms with Crippen LogP contribution in [0.5, 0.6) is 5.75 Å². The molecule has 218 valence electrons. The smallest absolute Gasteiger partial charge is 0.406 e. The molecule has 0 radical (unpaired) electrons. The number of rotatable bonds is 9. The van der Waals surface area contributed by atoms with E-state index in [-0.39, 0.29) is 22.6 Å². The van der Waals surface area contributed by atoms with Crippen LogP contribution in [-0.4, -0.2) is 36.8 Å². The summed E-state index contributed by atoms with van der Waals surface area (Å²) >= 11 is 0. The van der Waals surface area contributed by atoms with Gasteiger partial charge in [-0.25, -0.2) is 23.3 Å². The van der Waals surface area contributed by atoms with Gasteiger partial charge in [0.2, 0.25) is 16.0 Å². The number of halogens is 3. The number of ether oxygens (including phenoxy) is 1. The number of alkyl halides is 3. The Morgan fingerprint density at radius 3 is 2.17 bits per heavy atom. The highest BCUT2D eigenvalue weighted by molar-refractivity contribution is 7.89. The van der Waals surface area contributed by atoms with Crippen molar-refractivity contribution in [3.63, 3.8) is 0 Å². The van der Waals surface area contributed by atoms with Crippen LogP contribution in [0.4, 0.5) is 52.5 Å². The molecule has 1 saturated carbocycles. The summed E-state index contributed by atoms with van der Waals surface area (Å²) in [6.45, 7) is 0. The van der Waals surface area contributed by atoms with Crippen molar-refractivity contribution < 1.29 is 31.1 Å². The zero-order chi connectivity index (χ0) is 29.9. The van der Waals surface area contributed by atoms with Crippen LogP contribution >= 0.6 is 0 Å². The van der Waals surface area contributed by atoms with Crippen molar-refractivity contribution >= 4 is 50.6 Å². The molecule has 5 N–H and O–H groups in total. The number of nitrogens with one attached hydrogen (secondary N) is 3. The lowest BCUT2D eigenvalue weighted by Gasteiger charge is -2.24. The monoisotopic (exact) mass is 599 g/mol. The molecule has 1 aliphatic rings. The van der Waals surface area contributed by atoms with Crippen molar-refractivity contribution in [1.29, 1.82) is 0 Å². The summed E-state index contributed by atoms with van der Waals surface area (Å²) < 4.78 is 64.2. The zero-order valence-corrected chi connectivity index (χ0v) is 22.5. The largest absolute Gasteiger partial charge is 0.573 e. The molecule has 0 saturated heterocycles. The van der Waals surface area contributed by atoms with Crippen molar-refractivity contribution in [3.05, 3.63) is 85.1 Å². The van der Waals surface area contributed by atoms with Crippen molar-refractivity contribution in [1.82, 2.24) is 9.97 Å². The third-order valence-corrected chi connectivity index (χ3v) is 6.88. The average Bonchev–Trinajstić information content (AvgIpc) is 3.75. The number of benzene rings is 3. The van der Waals surface area contributed by atoms with Gasteiger partial charge in [0.15, 0.2) is 0 Å². The van der Waals surface area contributed by atoms with Crippen molar-refractivity contribution in [3.8, 4) is 5.75 Å². The highest BCUT2D eigenvalue weighted by atomic mass is 32.2. The number of anilines is 6. The Morgan fingerprint density at radius 1 is 0.929 bits per heavy atom. The summed E-state index contributed by atoms with van der Waals surface area (Å²) in [5.74, 6) is 0.485. The maximum Gasteiger partial charge on any atom is 0.573 e. The summed E-state index contributed by atoms with van der Waals surface area (Å²) in [5, 5.41) is 13.5. The van der Waals surface area contributed by atoms with Gasteiger partial charge in [0.1, 0.15) is 11.6 Å². The van der Waals surface area contributed by atoms with Crippen LogP contribution in [0.1, 0.15) is 12.8 Å². The van der Waals surface area contributed by atoms with E-state index in [0.29, 0.717) is 17.2 Å². The van der Waals surface area contributed by atoms with E-state index in [1.807, 2.05) is 17.0 Å². The van der Waals surface area contributed by atoms with Gasteiger partial charge in [0, 0.05) is 35.0 Å². The Hall–Kier alpha value is -4.89. The maximum atomic E-state index is 12.4. The predicted octanol–water partition coefficient (Wildman–Crippen LogP) is 5.71. The minimum Gasteiger partial charge on any atom is -0.406 e. The van der Waals surface area contributed by atoms with E-state index in [4.69, 9.17) is 5.14 Å². The fourth-order valence-electron chi connectivity index (χ4n) is 4.03. The van der Waals surface area contributed by atoms with Gasteiger partial charge < -0.3 is 25.6 Å². The summed E-state index contributed by atoms with van der Waals surface area (Å²) in [5.41, 5.74) is 2.05. The van der Waals surface area contributed by atoms with E-state index >= 15 is 0 Å². The minimum absolute atomic E-state index is 0.0425. The Balaban J connectivity index is 1.25. The number of hydrogen-bond donors (Lipinski definition) is 4. The number of carbonyl (C=O) groups is 1. The van der Waals surface area contributed by atoms with Crippen LogP contribution in [0, 0.1) is 0 Å². The van der Waals surface area contributed by atoms with Crippen LogP contribution in [0.3, 0.4) is 0 Å². The second-order valence-electron chi connectivity index (χ2n) is 9.24. The van der Waals surface area contributed by atoms with E-state index in [2.05, 4.69) is 30.7 Å². The third kappa shape index (κ3) is 7.64. The molecule has 4 aromatic rings. The van der Waals surface area contributed by atoms with E-state index in [1.54, 1.807) is 36.5 Å². The van der Waals surface area contributed by atoms with Gasteiger partial charge in [-0.3, -0.25) is 0 Å². The summed E-state index contributed by atoms with van der Waals surface area (Å²) in [6.07, 6.45) is -1.30. The lowest BCUT2D eigenvalue weighted by atomic mass is 10.2. The number of carbonyl (C=O) groups excluding carboxylic acids is 1. The second kappa shape index (κ2) is 11.5. The highest BCUT2D eigenvalue weighted by Gasteiger charge is 2.32. The van der Waals surface area contributed by atoms with Gasteiger partial charge in [-0.15, -0.1) is 13.2 Å². The number of nitrogens with two attached hydrogens (primary N) is 1. The average molecular weight is 600 g/mol. The number of sulfonamides is 1. The van der Waals surface area contributed by atoms with Crippen LogP contribution in [0.15, 0.2) is 90.0 Å². The lowest BCUT2D eigenvalue weighted by molar-refractivity contribution is -0.274. The Kier molecular flexibility index (Phi) is 7.87. The second-order valence-corrected chi connectivity index (χ2v) is 10.8. The first-order valence-electron chi connectivity index (χ1n) is 12.5. The Bertz CT molecular complexity index is 1680. The summed E-state index contributed by atoms with van der Waals surface area (Å²) in [7, 11) is -3.87. The maximum absolute atomic E-state index is 12.4. The molecule has 0 atom stereocenters. The first kappa shape index (κ1) is 28.6. The summed E-state index contributed by atoms with van der Waals surface area (Å²) in [4.78, 5) is 23.3.